The molecule has 1 aliphatic rings. The molecule has 0 radical (unpaired) electrons. The highest BCUT2D eigenvalue weighted by atomic mass is 16.7. The maximum absolute atomic E-state index is 13.1. The molecule has 11 nitrogen and oxygen atoms in total. The number of ether oxygens (including phenoxy) is 2. The minimum absolute atomic E-state index is 0.259. The second-order valence-corrected chi connectivity index (χ2v) is 18.6. The van der Waals surface area contributed by atoms with E-state index in [2.05, 4.69) is 31.3 Å². The molecule has 368 valence electrons. The summed E-state index contributed by atoms with van der Waals surface area (Å²) in [4.78, 5) is 13.1. The van der Waals surface area contributed by atoms with Crippen LogP contribution in [0.15, 0.2) is 12.2 Å². The number of nitrogens with one attached hydrogen (secondary N) is 1. The smallest absolute Gasteiger partial charge is 0.249 e. The van der Waals surface area contributed by atoms with E-state index in [0.717, 1.165) is 38.5 Å². The first-order chi connectivity index (χ1) is 30.2. The largest absolute Gasteiger partial charge is 0.394 e. The van der Waals surface area contributed by atoms with Gasteiger partial charge in [0.25, 0.3) is 0 Å². The van der Waals surface area contributed by atoms with Crippen LogP contribution < -0.4 is 5.32 Å². The highest BCUT2D eigenvalue weighted by Crippen LogP contribution is 2.23. The lowest BCUT2D eigenvalue weighted by atomic mass is 9.98. The molecule has 1 saturated heterocycles. The Balaban J connectivity index is 2.35. The molecule has 1 heterocycles. The fraction of sp³-hybridized carbons (Fsp3) is 0.941. The molecule has 0 bridgehead atoms. The van der Waals surface area contributed by atoms with Crippen LogP contribution in [0.2, 0.25) is 0 Å². The Morgan fingerprint density at radius 2 is 0.952 bits per heavy atom. The fourth-order valence-corrected chi connectivity index (χ4v) is 8.50. The van der Waals surface area contributed by atoms with Crippen molar-refractivity contribution in [2.24, 2.45) is 0 Å². The Bertz CT molecular complexity index is 1020. The van der Waals surface area contributed by atoms with Gasteiger partial charge in [-0.3, -0.25) is 4.79 Å². The van der Waals surface area contributed by atoms with E-state index in [0.29, 0.717) is 12.8 Å². The zero-order valence-corrected chi connectivity index (χ0v) is 39.9. The summed E-state index contributed by atoms with van der Waals surface area (Å²) in [5, 5.41) is 75.8. The van der Waals surface area contributed by atoms with E-state index >= 15 is 0 Å². The summed E-state index contributed by atoms with van der Waals surface area (Å²) < 4.78 is 11.1. The second kappa shape index (κ2) is 41.3. The molecule has 1 fully saturated rings. The predicted molar refractivity (Wildman–Crippen MR) is 252 cm³/mol. The molecule has 0 aromatic rings. The maximum Gasteiger partial charge on any atom is 0.249 e. The first-order valence-electron chi connectivity index (χ1n) is 26.1. The highest BCUT2D eigenvalue weighted by molar-refractivity contribution is 5.80. The molecule has 0 saturated carbocycles. The Morgan fingerprint density at radius 3 is 1.39 bits per heavy atom. The molecule has 11 heteroatoms. The summed E-state index contributed by atoms with van der Waals surface area (Å²) >= 11 is 0. The van der Waals surface area contributed by atoms with Gasteiger partial charge in [0, 0.05) is 0 Å². The fourth-order valence-electron chi connectivity index (χ4n) is 8.50. The Morgan fingerprint density at radius 1 is 0.548 bits per heavy atom. The van der Waals surface area contributed by atoms with Crippen LogP contribution in [0.1, 0.15) is 239 Å². The van der Waals surface area contributed by atoms with Crippen molar-refractivity contribution in [1.82, 2.24) is 5.32 Å². The monoisotopic (exact) mass is 886 g/mol. The van der Waals surface area contributed by atoms with Crippen LogP contribution in [0.3, 0.4) is 0 Å². The standard InChI is InChI=1S/C51H99NO10/c1-3-5-7-9-11-13-15-17-18-19-20-21-22-23-24-25-27-29-31-33-35-37-39-44(55)50(60)52-42(41-61-51-49(59)48(58)47(57)45(40-53)62-51)46(56)43(54)38-36-34-32-30-28-26-16-14-12-10-8-6-4-2/h30,32,42-49,51,53-59H,3-29,31,33-41H2,1-2H3,(H,52,60)/b32-30+/t42-,43+,44+,45+,46-,47+,48-,49+,51+/m0/s1. The van der Waals surface area contributed by atoms with E-state index in [4.69, 9.17) is 9.47 Å². The van der Waals surface area contributed by atoms with Crippen molar-refractivity contribution in [2.45, 2.75) is 294 Å². The molecule has 0 unspecified atom stereocenters. The normalized spacial score (nSPS) is 21.3. The molecule has 0 aromatic carbocycles. The van der Waals surface area contributed by atoms with Crippen LogP contribution in [0.5, 0.6) is 0 Å². The summed E-state index contributed by atoms with van der Waals surface area (Å²) in [6.45, 7) is 3.44. The number of aliphatic hydroxyl groups is 7. The van der Waals surface area contributed by atoms with Gasteiger partial charge in [0.2, 0.25) is 5.91 Å². The quantitative estimate of drug-likeness (QED) is 0.0216. The van der Waals surface area contributed by atoms with Crippen molar-refractivity contribution in [3.05, 3.63) is 12.2 Å². The Hall–Kier alpha value is -1.15. The van der Waals surface area contributed by atoms with Gasteiger partial charge in [0.15, 0.2) is 6.29 Å². The average Bonchev–Trinajstić information content (AvgIpc) is 3.27. The van der Waals surface area contributed by atoms with Crippen molar-refractivity contribution in [2.75, 3.05) is 13.2 Å². The minimum atomic E-state index is -1.66. The molecule has 0 aromatic heterocycles. The average molecular weight is 886 g/mol. The number of unbranched alkanes of at least 4 members (excludes halogenated alkanes) is 30. The van der Waals surface area contributed by atoms with E-state index in [-0.39, 0.29) is 12.8 Å². The number of carbonyl (C=O) groups is 1. The topological polar surface area (TPSA) is 189 Å². The minimum Gasteiger partial charge on any atom is -0.394 e. The summed E-state index contributed by atoms with van der Waals surface area (Å²) in [6.07, 6.45) is 34.1. The Labute approximate surface area is 379 Å². The third kappa shape index (κ3) is 30.1. The van der Waals surface area contributed by atoms with Crippen LogP contribution in [-0.2, 0) is 14.3 Å². The summed E-state index contributed by atoms with van der Waals surface area (Å²) in [5.41, 5.74) is 0. The van der Waals surface area contributed by atoms with Crippen molar-refractivity contribution in [3.63, 3.8) is 0 Å². The van der Waals surface area contributed by atoms with Crippen LogP contribution in [0.25, 0.3) is 0 Å². The predicted octanol–water partition coefficient (Wildman–Crippen LogP) is 9.62. The number of hydrogen-bond acceptors (Lipinski definition) is 10. The molecule has 1 amide bonds. The van der Waals surface area contributed by atoms with Gasteiger partial charge >= 0.3 is 0 Å². The number of rotatable bonds is 44. The molecule has 1 rings (SSSR count). The van der Waals surface area contributed by atoms with E-state index in [1.165, 1.54) is 161 Å². The van der Waals surface area contributed by atoms with E-state index in [1.54, 1.807) is 0 Å². The highest BCUT2D eigenvalue weighted by Gasteiger charge is 2.44. The molecule has 62 heavy (non-hydrogen) atoms. The van der Waals surface area contributed by atoms with Crippen molar-refractivity contribution < 1.29 is 50.0 Å². The van der Waals surface area contributed by atoms with Crippen LogP contribution in [0, 0.1) is 0 Å². The van der Waals surface area contributed by atoms with Gasteiger partial charge in [0.05, 0.1) is 25.4 Å². The SMILES string of the molecule is CCCCCCCCCC/C=C/CCC[C@@H](O)[C@@H](O)[C@H](CO[C@@H]1O[C@H](CO)[C@@H](O)[C@H](O)[C@H]1O)NC(=O)[C@H](O)CCCCCCCCCCCCCCCCCCCCCCCC. The zero-order valence-electron chi connectivity index (χ0n) is 39.9. The number of aliphatic hydroxyl groups excluding tert-OH is 7. The van der Waals surface area contributed by atoms with Gasteiger partial charge < -0.3 is 50.5 Å². The van der Waals surface area contributed by atoms with E-state index in [9.17, 15) is 40.5 Å². The summed E-state index contributed by atoms with van der Waals surface area (Å²) in [5.74, 6) is -0.703. The lowest BCUT2D eigenvalue weighted by molar-refractivity contribution is -0.303. The van der Waals surface area contributed by atoms with Crippen LogP contribution in [0.4, 0.5) is 0 Å². The molecular formula is C51H99NO10. The Kier molecular flexibility index (Phi) is 39.2. The number of carbonyl (C=O) groups excluding carboxylic acids is 1. The van der Waals surface area contributed by atoms with Crippen molar-refractivity contribution in [3.8, 4) is 0 Å². The number of hydrogen-bond donors (Lipinski definition) is 8. The van der Waals surface area contributed by atoms with Gasteiger partial charge in [-0.25, -0.2) is 0 Å². The van der Waals surface area contributed by atoms with Crippen LogP contribution >= 0.6 is 0 Å². The van der Waals surface area contributed by atoms with Gasteiger partial charge in [0.1, 0.15) is 36.6 Å². The third-order valence-corrected chi connectivity index (χ3v) is 12.8. The van der Waals surface area contributed by atoms with E-state index < -0.39 is 74.2 Å². The molecule has 0 aliphatic carbocycles. The molecular weight excluding hydrogens is 787 g/mol. The first-order valence-corrected chi connectivity index (χ1v) is 26.1. The second-order valence-electron chi connectivity index (χ2n) is 18.6. The lowest BCUT2D eigenvalue weighted by Crippen LogP contribution is -2.60. The molecule has 0 spiro atoms. The van der Waals surface area contributed by atoms with Crippen LogP contribution in [-0.4, -0.2) is 110 Å². The van der Waals surface area contributed by atoms with Crippen molar-refractivity contribution in [1.29, 1.82) is 0 Å². The van der Waals surface area contributed by atoms with Crippen molar-refractivity contribution >= 4 is 5.91 Å². The van der Waals surface area contributed by atoms with Gasteiger partial charge in [-0.2, -0.15) is 0 Å². The summed E-state index contributed by atoms with van der Waals surface area (Å²) in [7, 11) is 0. The van der Waals surface area contributed by atoms with Gasteiger partial charge in [-0.15, -0.1) is 0 Å². The number of amides is 1. The molecule has 9 atom stereocenters. The number of allylic oxidation sites excluding steroid dienone is 2. The first kappa shape index (κ1) is 58.9. The third-order valence-electron chi connectivity index (χ3n) is 12.8. The van der Waals surface area contributed by atoms with Gasteiger partial charge in [-0.05, 0) is 38.5 Å². The maximum atomic E-state index is 13.1. The molecule has 8 N–H and O–H groups in total. The lowest BCUT2D eigenvalue weighted by Gasteiger charge is -2.40. The molecule has 1 aliphatic heterocycles. The summed E-state index contributed by atoms with van der Waals surface area (Å²) in [6, 6.07) is -1.18. The van der Waals surface area contributed by atoms with Gasteiger partial charge in [-0.1, -0.05) is 212 Å². The van der Waals surface area contributed by atoms with E-state index in [1.807, 2.05) is 0 Å². The zero-order chi connectivity index (χ0) is 45.5.